The molecule has 0 aliphatic carbocycles. The number of primary amides is 1. The highest BCUT2D eigenvalue weighted by atomic mass is 31.1. The first-order valence-electron chi connectivity index (χ1n) is 9.84. The van der Waals surface area contributed by atoms with Crippen molar-refractivity contribution in [1.82, 2.24) is 0 Å². The summed E-state index contributed by atoms with van der Waals surface area (Å²) in [5, 5.41) is 0. The van der Waals surface area contributed by atoms with Crippen molar-refractivity contribution in [3.8, 4) is 5.75 Å². The maximum Gasteiger partial charge on any atom is 0.558 e. The zero-order valence-electron chi connectivity index (χ0n) is 18.2. The first kappa shape index (κ1) is 24.9. The van der Waals surface area contributed by atoms with E-state index in [2.05, 4.69) is 0 Å². The van der Waals surface area contributed by atoms with Gasteiger partial charge in [0.2, 0.25) is 5.91 Å². The Balaban J connectivity index is 3.19. The molecule has 0 aliphatic heterocycles. The number of hydrogen-bond acceptors (Lipinski definition) is 6. The van der Waals surface area contributed by atoms with Crippen LogP contribution in [0.4, 0.5) is 4.79 Å². The average molecular weight is 426 g/mol. The van der Waals surface area contributed by atoms with Gasteiger partial charge < -0.3 is 15.2 Å². The number of benzene rings is 1. The monoisotopic (exact) mass is 426 g/mol. The molecule has 0 fully saturated rings. The van der Waals surface area contributed by atoms with E-state index in [9.17, 15) is 14.2 Å². The first-order chi connectivity index (χ1) is 13.5. The topological polar surface area (TPSA) is 105 Å². The molecule has 1 amide bonds. The summed E-state index contributed by atoms with van der Waals surface area (Å²) in [6.07, 6.45) is 0.505. The zero-order valence-corrected chi connectivity index (χ0v) is 19.1. The molecule has 2 N–H and O–H groups in total. The van der Waals surface area contributed by atoms with E-state index >= 15 is 0 Å². The molecule has 29 heavy (non-hydrogen) atoms. The normalized spacial score (nSPS) is 11.9. The van der Waals surface area contributed by atoms with Gasteiger partial charge in [-0.1, -0.05) is 26.8 Å². The Morgan fingerprint density at radius 3 is 2.34 bits per heavy atom. The van der Waals surface area contributed by atoms with Gasteiger partial charge in [-0.25, -0.2) is 4.79 Å². The van der Waals surface area contributed by atoms with Crippen LogP contribution in [0, 0.1) is 6.92 Å². The number of aryl methyl sites for hydroxylation is 1. The molecule has 1 atom stereocenters. The van der Waals surface area contributed by atoms with Crippen LogP contribution in [-0.4, -0.2) is 30.9 Å². The highest BCUT2D eigenvalue weighted by molar-refractivity contribution is 7.40. The second kappa shape index (κ2) is 11.1. The number of amides is 1. The van der Waals surface area contributed by atoms with E-state index in [1.165, 1.54) is 0 Å². The SMILES string of the molecule is CCCOC(=O)OCCC(C)(C)c1c(CC(N)=O)cc(C)cc1O[P+](=O)C(C)C. The van der Waals surface area contributed by atoms with Crippen LogP contribution in [0.5, 0.6) is 5.75 Å². The van der Waals surface area contributed by atoms with Crippen LogP contribution >= 0.6 is 8.03 Å². The summed E-state index contributed by atoms with van der Waals surface area (Å²) in [7, 11) is -1.93. The van der Waals surface area contributed by atoms with E-state index in [1.54, 1.807) is 0 Å². The number of carbonyl (C=O) groups excluding carboxylic acids is 2. The van der Waals surface area contributed by atoms with E-state index in [1.807, 2.05) is 53.7 Å². The molecule has 1 unspecified atom stereocenters. The molecule has 0 aromatic heterocycles. The lowest BCUT2D eigenvalue weighted by Gasteiger charge is -2.28. The van der Waals surface area contributed by atoms with Crippen molar-refractivity contribution in [1.29, 1.82) is 0 Å². The van der Waals surface area contributed by atoms with E-state index < -0.39 is 25.5 Å². The molecule has 0 bridgehead atoms. The Morgan fingerprint density at radius 1 is 1.17 bits per heavy atom. The molecule has 0 radical (unpaired) electrons. The van der Waals surface area contributed by atoms with Gasteiger partial charge in [-0.05, 0) is 60.8 Å². The summed E-state index contributed by atoms with van der Waals surface area (Å²) in [4.78, 5) is 23.2. The third-order valence-corrected chi connectivity index (χ3v) is 5.57. The maximum absolute atomic E-state index is 12.4. The predicted molar refractivity (Wildman–Crippen MR) is 113 cm³/mol. The highest BCUT2D eigenvalue weighted by Gasteiger charge is 2.34. The Morgan fingerprint density at radius 2 is 1.79 bits per heavy atom. The molecular formula is C21H33NO6P+. The van der Waals surface area contributed by atoms with Crippen LogP contribution in [0.2, 0.25) is 0 Å². The minimum absolute atomic E-state index is 0.0364. The number of ether oxygens (including phenoxy) is 2. The summed E-state index contributed by atoms with van der Waals surface area (Å²) in [5.74, 6) is 0.000798. The van der Waals surface area contributed by atoms with Crippen molar-refractivity contribution in [2.45, 2.75) is 71.9 Å². The molecule has 0 aliphatic rings. The molecule has 0 heterocycles. The summed E-state index contributed by atoms with van der Waals surface area (Å²) in [6, 6.07) is 3.70. The third-order valence-electron chi connectivity index (χ3n) is 4.35. The number of nitrogens with two attached hydrogens (primary N) is 1. The second-order valence-electron chi connectivity index (χ2n) is 7.99. The number of carbonyl (C=O) groups is 2. The van der Waals surface area contributed by atoms with Crippen molar-refractivity contribution < 1.29 is 28.2 Å². The van der Waals surface area contributed by atoms with Gasteiger partial charge >= 0.3 is 14.2 Å². The zero-order chi connectivity index (χ0) is 22.2. The predicted octanol–water partition coefficient (Wildman–Crippen LogP) is 4.78. The summed E-state index contributed by atoms with van der Waals surface area (Å²) < 4.78 is 28.3. The van der Waals surface area contributed by atoms with E-state index in [4.69, 9.17) is 19.7 Å². The fourth-order valence-corrected chi connectivity index (χ4v) is 3.49. The van der Waals surface area contributed by atoms with Crippen LogP contribution in [0.1, 0.15) is 64.2 Å². The molecule has 1 aromatic carbocycles. The van der Waals surface area contributed by atoms with Crippen LogP contribution in [0.3, 0.4) is 0 Å². The minimum atomic E-state index is -1.93. The summed E-state index contributed by atoms with van der Waals surface area (Å²) in [5.41, 5.74) is 7.10. The van der Waals surface area contributed by atoms with Crippen LogP contribution < -0.4 is 10.3 Å². The van der Waals surface area contributed by atoms with Gasteiger partial charge in [0.1, 0.15) is 0 Å². The Labute approximate surface area is 174 Å². The van der Waals surface area contributed by atoms with Crippen molar-refractivity contribution in [2.75, 3.05) is 13.2 Å². The van der Waals surface area contributed by atoms with Crippen molar-refractivity contribution in [3.63, 3.8) is 0 Å². The number of rotatable bonds is 11. The quantitative estimate of drug-likeness (QED) is 0.403. The lowest BCUT2D eigenvalue weighted by molar-refractivity contribution is -0.117. The van der Waals surface area contributed by atoms with Crippen molar-refractivity contribution >= 4 is 20.1 Å². The van der Waals surface area contributed by atoms with Gasteiger partial charge in [-0.2, -0.15) is 0 Å². The van der Waals surface area contributed by atoms with E-state index in [0.717, 1.165) is 23.1 Å². The molecule has 0 saturated heterocycles. The van der Waals surface area contributed by atoms with Crippen LogP contribution in [0.25, 0.3) is 0 Å². The van der Waals surface area contributed by atoms with Gasteiger partial charge in [0.15, 0.2) is 11.4 Å². The van der Waals surface area contributed by atoms with Crippen LogP contribution in [0.15, 0.2) is 12.1 Å². The van der Waals surface area contributed by atoms with Gasteiger partial charge in [0, 0.05) is 5.56 Å². The summed E-state index contributed by atoms with van der Waals surface area (Å²) in [6.45, 7) is 11.8. The van der Waals surface area contributed by atoms with Gasteiger partial charge in [0.05, 0.1) is 19.6 Å². The molecule has 0 spiro atoms. The fourth-order valence-electron chi connectivity index (χ4n) is 2.94. The van der Waals surface area contributed by atoms with Gasteiger partial charge in [-0.3, -0.25) is 9.32 Å². The standard InChI is InChI=1S/C21H32NO6P/c1-7-9-26-20(24)27-10-8-21(5,6)19-16(13-18(22)23)11-15(4)12-17(19)28-29(25)14(2)3/h11-12,14H,7-10,13H2,1-6H3,(H-,22,23)/p+1. The average Bonchev–Trinajstić information content (AvgIpc) is 2.58. The largest absolute Gasteiger partial charge is 0.558 e. The second-order valence-corrected chi connectivity index (χ2v) is 9.78. The van der Waals surface area contributed by atoms with Crippen molar-refractivity contribution in [3.05, 3.63) is 28.8 Å². The van der Waals surface area contributed by atoms with E-state index in [0.29, 0.717) is 18.8 Å². The lowest BCUT2D eigenvalue weighted by atomic mass is 9.77. The molecule has 1 rings (SSSR count). The van der Waals surface area contributed by atoms with E-state index in [-0.39, 0.29) is 18.7 Å². The molecule has 162 valence electrons. The first-order valence-corrected chi connectivity index (χ1v) is 11.1. The molecular weight excluding hydrogens is 393 g/mol. The fraction of sp³-hybridized carbons (Fsp3) is 0.619. The molecule has 7 nitrogen and oxygen atoms in total. The smallest absolute Gasteiger partial charge is 0.434 e. The minimum Gasteiger partial charge on any atom is -0.434 e. The van der Waals surface area contributed by atoms with Crippen LogP contribution in [-0.2, 0) is 30.7 Å². The highest BCUT2D eigenvalue weighted by Crippen LogP contribution is 2.42. The Bertz CT molecular complexity index is 745. The van der Waals surface area contributed by atoms with Crippen molar-refractivity contribution in [2.24, 2.45) is 5.73 Å². The number of hydrogen-bond donors (Lipinski definition) is 1. The third kappa shape index (κ3) is 8.01. The summed E-state index contributed by atoms with van der Waals surface area (Å²) >= 11 is 0. The molecule has 1 aromatic rings. The molecule has 0 saturated carbocycles. The lowest BCUT2D eigenvalue weighted by Crippen LogP contribution is -2.25. The Hall–Kier alpha value is -2.14. The maximum atomic E-state index is 12.4. The van der Waals surface area contributed by atoms with Gasteiger partial charge in [-0.15, -0.1) is 0 Å². The van der Waals surface area contributed by atoms with Gasteiger partial charge in [0.25, 0.3) is 0 Å². The molecule has 8 heteroatoms. The Kier molecular flexibility index (Phi) is 9.57.